The third-order valence-corrected chi connectivity index (χ3v) is 7.01. The summed E-state index contributed by atoms with van der Waals surface area (Å²) < 4.78 is 5.34. The molecule has 1 atom stereocenters. The minimum atomic E-state index is -0.141. The summed E-state index contributed by atoms with van der Waals surface area (Å²) in [5, 5.41) is 22.4. The van der Waals surface area contributed by atoms with Gasteiger partial charge in [-0.1, -0.05) is 41.7 Å². The first-order chi connectivity index (χ1) is 16.7. The number of nitrogens with zero attached hydrogens (tertiary/aromatic N) is 4. The van der Waals surface area contributed by atoms with Gasteiger partial charge in [0.2, 0.25) is 5.01 Å². The second-order valence-corrected chi connectivity index (χ2v) is 9.81. The maximum absolute atomic E-state index is 12.3. The quantitative estimate of drug-likeness (QED) is 0.338. The number of amides is 1. The van der Waals surface area contributed by atoms with Gasteiger partial charge in [0.05, 0.1) is 12.3 Å². The average Bonchev–Trinajstić information content (AvgIpc) is 3.62. The molecule has 4 aromatic rings. The molecule has 3 aromatic heterocycles. The molecule has 34 heavy (non-hydrogen) atoms. The van der Waals surface area contributed by atoms with Gasteiger partial charge >= 0.3 is 0 Å². The molecular formula is C25H28N6O2S. The van der Waals surface area contributed by atoms with Gasteiger partial charge in [-0.2, -0.15) is 5.10 Å². The van der Waals surface area contributed by atoms with Crippen LogP contribution >= 0.6 is 11.3 Å². The maximum Gasteiger partial charge on any atom is 0.282 e. The molecule has 1 aromatic carbocycles. The van der Waals surface area contributed by atoms with Crippen LogP contribution in [0.5, 0.6) is 0 Å². The number of carbonyl (C=O) groups excluding carboxylic acids is 1. The number of benzene rings is 1. The Kier molecular flexibility index (Phi) is 7.21. The number of ether oxygens (including phenoxy) is 1. The number of aromatic amines is 1. The molecule has 9 heteroatoms. The first kappa shape index (κ1) is 22.6. The molecule has 176 valence electrons. The van der Waals surface area contributed by atoms with E-state index in [9.17, 15) is 4.79 Å². The number of aryl methyl sites for hydroxylation is 2. The van der Waals surface area contributed by atoms with Crippen molar-refractivity contribution in [3.63, 3.8) is 0 Å². The molecule has 1 aliphatic heterocycles. The second kappa shape index (κ2) is 10.8. The molecule has 2 N–H and O–H groups in total. The highest BCUT2D eigenvalue weighted by Crippen LogP contribution is 2.18. The summed E-state index contributed by atoms with van der Waals surface area (Å²) in [5.74, 6) is 0.262. The Morgan fingerprint density at radius 1 is 1.09 bits per heavy atom. The average molecular weight is 477 g/mol. The van der Waals surface area contributed by atoms with Crippen LogP contribution in [0.2, 0.25) is 0 Å². The second-order valence-electron chi connectivity index (χ2n) is 8.74. The Bertz CT molecular complexity index is 1230. The number of H-pyrrole nitrogens is 1. The molecule has 1 aliphatic rings. The van der Waals surface area contributed by atoms with Crippen molar-refractivity contribution < 1.29 is 9.53 Å². The summed E-state index contributed by atoms with van der Waals surface area (Å²) in [5.41, 5.74) is 4.23. The smallest absolute Gasteiger partial charge is 0.282 e. The Morgan fingerprint density at radius 2 is 1.97 bits per heavy atom. The number of nitrogens with one attached hydrogen (secondary N) is 2. The molecule has 8 nitrogen and oxygen atoms in total. The van der Waals surface area contributed by atoms with Crippen molar-refractivity contribution in [3.8, 4) is 0 Å². The SMILES string of the molecule is O=C(NCC1CCOC1)c1nnc(CCCCc2cc3cc(Cc4ccccc4)[nH]c3nn2)s1. The molecule has 5 rings (SSSR count). The van der Waals surface area contributed by atoms with Crippen LogP contribution < -0.4 is 5.32 Å². The molecule has 0 saturated carbocycles. The number of aromatic nitrogens is 5. The van der Waals surface area contributed by atoms with Crippen LogP contribution in [0.1, 0.15) is 51.0 Å². The van der Waals surface area contributed by atoms with Crippen LogP contribution in [0.3, 0.4) is 0 Å². The first-order valence-corrected chi connectivity index (χ1v) is 12.6. The van der Waals surface area contributed by atoms with Gasteiger partial charge in [-0.05, 0) is 43.4 Å². The minimum Gasteiger partial charge on any atom is -0.381 e. The Labute approximate surface area is 202 Å². The third-order valence-electron chi connectivity index (χ3n) is 6.03. The van der Waals surface area contributed by atoms with Gasteiger partial charge in [0.15, 0.2) is 5.65 Å². The van der Waals surface area contributed by atoms with Crippen LogP contribution in [-0.4, -0.2) is 51.0 Å². The van der Waals surface area contributed by atoms with Gasteiger partial charge in [-0.3, -0.25) is 4.79 Å². The highest BCUT2D eigenvalue weighted by molar-refractivity contribution is 7.13. The minimum absolute atomic E-state index is 0.141. The Hall–Kier alpha value is -3.17. The lowest BCUT2D eigenvalue weighted by Crippen LogP contribution is -2.29. The van der Waals surface area contributed by atoms with Crippen LogP contribution in [0, 0.1) is 5.92 Å². The van der Waals surface area contributed by atoms with Crippen molar-refractivity contribution in [1.29, 1.82) is 0 Å². The molecule has 1 saturated heterocycles. The topological polar surface area (TPSA) is 106 Å². The van der Waals surface area contributed by atoms with Gasteiger partial charge in [-0.25, -0.2) is 0 Å². The molecule has 1 amide bonds. The number of hydrogen-bond donors (Lipinski definition) is 2. The molecule has 1 fully saturated rings. The van der Waals surface area contributed by atoms with Gasteiger partial charge in [-0.15, -0.1) is 15.3 Å². The predicted octanol–water partition coefficient (Wildman–Crippen LogP) is 3.73. The standard InChI is InChI=1S/C25H28N6O2S/c32-24(26-15-18-10-11-33-16-18)25-31-29-22(34-25)9-5-4-8-20-13-19-14-21(27-23(19)30-28-20)12-17-6-2-1-3-7-17/h1-3,6-7,13-14,18H,4-5,8-12,15-16H2,(H,26,32)(H,27,30). The zero-order valence-electron chi connectivity index (χ0n) is 19.0. The van der Waals surface area contributed by atoms with E-state index in [0.29, 0.717) is 17.5 Å². The largest absolute Gasteiger partial charge is 0.381 e. The summed E-state index contributed by atoms with van der Waals surface area (Å²) in [6.45, 7) is 2.13. The number of rotatable bonds is 10. The van der Waals surface area contributed by atoms with Crippen LogP contribution in [0.15, 0.2) is 42.5 Å². The normalized spacial score (nSPS) is 15.7. The number of unbranched alkanes of at least 4 members (excludes halogenated alkanes) is 1. The predicted molar refractivity (Wildman–Crippen MR) is 131 cm³/mol. The van der Waals surface area contributed by atoms with E-state index >= 15 is 0 Å². The maximum atomic E-state index is 12.3. The lowest BCUT2D eigenvalue weighted by molar-refractivity contribution is 0.0944. The Morgan fingerprint density at radius 3 is 2.82 bits per heavy atom. The van der Waals surface area contributed by atoms with E-state index in [-0.39, 0.29) is 5.91 Å². The molecule has 4 heterocycles. The molecule has 0 radical (unpaired) electrons. The van der Waals surface area contributed by atoms with Crippen LogP contribution in [0.25, 0.3) is 11.0 Å². The summed E-state index contributed by atoms with van der Waals surface area (Å²) in [4.78, 5) is 15.6. The van der Waals surface area contributed by atoms with E-state index < -0.39 is 0 Å². The van der Waals surface area contributed by atoms with Crippen LogP contribution in [0.4, 0.5) is 0 Å². The van der Waals surface area contributed by atoms with E-state index in [4.69, 9.17) is 4.74 Å². The third kappa shape index (κ3) is 5.84. The van der Waals surface area contributed by atoms with E-state index in [0.717, 1.165) is 79.2 Å². The zero-order valence-corrected chi connectivity index (χ0v) is 19.8. The summed E-state index contributed by atoms with van der Waals surface area (Å²) in [6.07, 6.45) is 5.45. The van der Waals surface area contributed by atoms with Gasteiger partial charge in [0.25, 0.3) is 5.91 Å². The van der Waals surface area contributed by atoms with Gasteiger partial charge in [0.1, 0.15) is 5.01 Å². The summed E-state index contributed by atoms with van der Waals surface area (Å²) in [6, 6.07) is 14.7. The lowest BCUT2D eigenvalue weighted by Gasteiger charge is -2.07. The molecule has 0 aliphatic carbocycles. The van der Waals surface area contributed by atoms with Crippen molar-refractivity contribution in [1.82, 2.24) is 30.7 Å². The number of hydrogen-bond acceptors (Lipinski definition) is 7. The molecule has 0 spiro atoms. The fourth-order valence-electron chi connectivity index (χ4n) is 4.15. The lowest BCUT2D eigenvalue weighted by atomic mass is 10.1. The summed E-state index contributed by atoms with van der Waals surface area (Å²) in [7, 11) is 0. The van der Waals surface area contributed by atoms with Crippen molar-refractivity contribution in [3.05, 3.63) is 69.4 Å². The fourth-order valence-corrected chi connectivity index (χ4v) is 4.95. The van der Waals surface area contributed by atoms with Crippen molar-refractivity contribution >= 4 is 28.3 Å². The van der Waals surface area contributed by atoms with Crippen molar-refractivity contribution in [2.45, 2.75) is 38.5 Å². The zero-order chi connectivity index (χ0) is 23.2. The van der Waals surface area contributed by atoms with Crippen molar-refractivity contribution in [2.75, 3.05) is 19.8 Å². The number of carbonyl (C=O) groups is 1. The highest BCUT2D eigenvalue weighted by Gasteiger charge is 2.18. The fraction of sp³-hybridized carbons (Fsp3) is 0.400. The molecule has 1 unspecified atom stereocenters. The first-order valence-electron chi connectivity index (χ1n) is 11.8. The van der Waals surface area contributed by atoms with Gasteiger partial charge < -0.3 is 15.0 Å². The monoisotopic (exact) mass is 476 g/mol. The molecule has 0 bridgehead atoms. The highest BCUT2D eigenvalue weighted by atomic mass is 32.1. The van der Waals surface area contributed by atoms with Crippen LogP contribution in [-0.2, 0) is 24.0 Å². The Balaban J connectivity index is 1.08. The van der Waals surface area contributed by atoms with Crippen molar-refractivity contribution in [2.24, 2.45) is 5.92 Å². The van der Waals surface area contributed by atoms with E-state index in [1.54, 1.807) is 0 Å². The van der Waals surface area contributed by atoms with E-state index in [1.807, 2.05) is 6.07 Å². The summed E-state index contributed by atoms with van der Waals surface area (Å²) >= 11 is 1.38. The van der Waals surface area contributed by atoms with Gasteiger partial charge in [0, 0.05) is 43.0 Å². The van der Waals surface area contributed by atoms with E-state index in [2.05, 4.69) is 67.1 Å². The molecular weight excluding hydrogens is 448 g/mol. The van der Waals surface area contributed by atoms with E-state index in [1.165, 1.54) is 16.9 Å². The number of fused-ring (bicyclic) bond motifs is 1.